The molecule has 8 nitrogen and oxygen atoms in total. The molecule has 5 atom stereocenters. The van der Waals surface area contributed by atoms with Crippen LogP contribution in [0, 0.1) is 0 Å². The smallest absolute Gasteiger partial charge is 0.247 e. The number of aliphatic hydroxyl groups excluding tert-OH is 4. The third kappa shape index (κ3) is 3.43. The molecule has 1 fully saturated rings. The van der Waals surface area contributed by atoms with Crippen molar-refractivity contribution in [3.63, 3.8) is 0 Å². The van der Waals surface area contributed by atoms with E-state index >= 15 is 0 Å². The molecule has 0 bridgehead atoms. The van der Waals surface area contributed by atoms with Crippen LogP contribution < -0.4 is 5.06 Å². The van der Waals surface area contributed by atoms with Crippen LogP contribution in [0.3, 0.4) is 0 Å². The highest BCUT2D eigenvalue weighted by Gasteiger charge is 2.45. The van der Waals surface area contributed by atoms with Crippen LogP contribution in [0.25, 0.3) is 0 Å². The molecule has 1 aliphatic heterocycles. The van der Waals surface area contributed by atoms with Crippen molar-refractivity contribution < 1.29 is 34.8 Å². The Hall–Kier alpha value is -1.55. The fourth-order valence-electron chi connectivity index (χ4n) is 2.14. The van der Waals surface area contributed by atoms with Crippen molar-refractivity contribution in [1.29, 1.82) is 0 Å². The molecule has 8 heteroatoms. The summed E-state index contributed by atoms with van der Waals surface area (Å²) < 4.78 is 5.21. The molecule has 0 aliphatic carbocycles. The Bertz CT molecular complexity index is 495. The molecule has 0 radical (unpaired) electrons. The Kier molecular flexibility index (Phi) is 5.46. The second-order valence-electron chi connectivity index (χ2n) is 4.95. The van der Waals surface area contributed by atoms with Gasteiger partial charge in [0.1, 0.15) is 24.4 Å². The van der Waals surface area contributed by atoms with Crippen LogP contribution in [-0.2, 0) is 14.4 Å². The molecule has 1 heterocycles. The van der Waals surface area contributed by atoms with Gasteiger partial charge in [-0.3, -0.25) is 4.79 Å². The number of anilines is 1. The van der Waals surface area contributed by atoms with E-state index in [9.17, 15) is 20.1 Å². The molecule has 4 N–H and O–H groups in total. The summed E-state index contributed by atoms with van der Waals surface area (Å²) >= 11 is 0. The Labute approximate surface area is 127 Å². The number of amides is 1. The average molecular weight is 313 g/mol. The molecule has 0 aromatic heterocycles. The Morgan fingerprint density at radius 1 is 1.18 bits per heavy atom. The summed E-state index contributed by atoms with van der Waals surface area (Å²) in [5, 5.41) is 39.4. The Morgan fingerprint density at radius 2 is 1.82 bits per heavy atom. The molecule has 0 saturated carbocycles. The quantitative estimate of drug-likeness (QED) is 0.514. The number of carbonyl (C=O) groups excluding carboxylic acids is 1. The molecule has 2 rings (SSSR count). The van der Waals surface area contributed by atoms with Crippen LogP contribution in [0.1, 0.15) is 6.92 Å². The van der Waals surface area contributed by atoms with E-state index < -0.39 is 43.2 Å². The zero-order valence-electron chi connectivity index (χ0n) is 11.9. The number of nitrogens with zero attached hydrogens (tertiary/aromatic N) is 1. The van der Waals surface area contributed by atoms with Crippen LogP contribution in [0.4, 0.5) is 5.69 Å². The SMILES string of the molecule is CC(=O)N(O[C@H]1O[C@H](CO)[C@@H](O)[C@H](O)[C@H]1O)c1ccccc1. The van der Waals surface area contributed by atoms with E-state index in [4.69, 9.17) is 14.7 Å². The largest absolute Gasteiger partial charge is 0.394 e. The molecule has 1 aromatic rings. The highest BCUT2D eigenvalue weighted by molar-refractivity contribution is 5.89. The number of hydrogen-bond acceptors (Lipinski definition) is 7. The predicted molar refractivity (Wildman–Crippen MR) is 74.5 cm³/mol. The summed E-state index contributed by atoms with van der Waals surface area (Å²) in [6.45, 7) is 0.688. The standard InChI is InChI=1S/C14H19NO7/c1-8(17)15(9-5-3-2-4-6-9)22-14-13(20)12(19)11(18)10(7-16)21-14/h2-6,10-14,16,18-20H,7H2,1H3/t10-,11-,12+,13-,14-/m1/s1. The van der Waals surface area contributed by atoms with Crippen LogP contribution >= 0.6 is 0 Å². The molecule has 0 spiro atoms. The van der Waals surface area contributed by atoms with E-state index in [0.717, 1.165) is 5.06 Å². The van der Waals surface area contributed by atoms with Gasteiger partial charge in [0.25, 0.3) is 0 Å². The zero-order valence-corrected chi connectivity index (χ0v) is 11.9. The van der Waals surface area contributed by atoms with Crippen molar-refractivity contribution in [2.75, 3.05) is 11.7 Å². The monoisotopic (exact) mass is 313 g/mol. The fraction of sp³-hybridized carbons (Fsp3) is 0.500. The average Bonchev–Trinajstić information content (AvgIpc) is 2.52. The number of hydrogen-bond donors (Lipinski definition) is 4. The minimum absolute atomic E-state index is 0.409. The number of carbonyl (C=O) groups is 1. The van der Waals surface area contributed by atoms with Gasteiger partial charge in [-0.1, -0.05) is 18.2 Å². The van der Waals surface area contributed by atoms with Gasteiger partial charge in [-0.2, -0.15) is 5.06 Å². The van der Waals surface area contributed by atoms with E-state index in [-0.39, 0.29) is 0 Å². The van der Waals surface area contributed by atoms with E-state index in [1.165, 1.54) is 6.92 Å². The van der Waals surface area contributed by atoms with Gasteiger partial charge < -0.3 is 25.2 Å². The first-order valence-electron chi connectivity index (χ1n) is 6.78. The summed E-state index contributed by atoms with van der Waals surface area (Å²) in [5.41, 5.74) is 0.409. The van der Waals surface area contributed by atoms with Gasteiger partial charge in [-0.15, -0.1) is 0 Å². The zero-order chi connectivity index (χ0) is 16.3. The number of ether oxygens (including phenoxy) is 1. The van der Waals surface area contributed by atoms with Crippen LogP contribution in [0.15, 0.2) is 30.3 Å². The number of para-hydroxylation sites is 1. The second kappa shape index (κ2) is 7.14. The maximum absolute atomic E-state index is 11.7. The van der Waals surface area contributed by atoms with E-state index in [2.05, 4.69) is 0 Å². The normalized spacial score (nSPS) is 31.8. The summed E-state index contributed by atoms with van der Waals surface area (Å²) in [7, 11) is 0. The van der Waals surface area contributed by atoms with Gasteiger partial charge in [0.2, 0.25) is 12.2 Å². The summed E-state index contributed by atoms with van der Waals surface area (Å²) in [5.74, 6) is -0.469. The lowest BCUT2D eigenvalue weighted by molar-refractivity contribution is -0.302. The topological polar surface area (TPSA) is 120 Å². The maximum atomic E-state index is 11.7. The van der Waals surface area contributed by atoms with Gasteiger partial charge in [-0.05, 0) is 12.1 Å². The molecule has 1 saturated heterocycles. The summed E-state index contributed by atoms with van der Waals surface area (Å²) in [6, 6.07) is 8.39. The van der Waals surface area contributed by atoms with Crippen LogP contribution in [0.5, 0.6) is 0 Å². The van der Waals surface area contributed by atoms with Crippen molar-refractivity contribution >= 4 is 11.6 Å². The number of aliphatic hydroxyl groups is 4. The van der Waals surface area contributed by atoms with E-state index in [0.29, 0.717) is 5.69 Å². The minimum atomic E-state index is -1.58. The first kappa shape index (κ1) is 16.8. The molecule has 122 valence electrons. The Balaban J connectivity index is 2.17. The Morgan fingerprint density at radius 3 is 2.36 bits per heavy atom. The van der Waals surface area contributed by atoms with Crippen molar-refractivity contribution in [3.05, 3.63) is 30.3 Å². The summed E-state index contributed by atoms with van der Waals surface area (Å²) in [6.07, 6.45) is -7.15. The minimum Gasteiger partial charge on any atom is -0.394 e. The van der Waals surface area contributed by atoms with Crippen molar-refractivity contribution in [1.82, 2.24) is 0 Å². The highest BCUT2D eigenvalue weighted by atomic mass is 16.8. The van der Waals surface area contributed by atoms with Crippen LogP contribution in [0.2, 0.25) is 0 Å². The molecule has 0 unspecified atom stereocenters. The van der Waals surface area contributed by atoms with E-state index in [1.54, 1.807) is 30.3 Å². The predicted octanol–water partition coefficient (Wildman–Crippen LogP) is -1.23. The molecule has 1 aromatic carbocycles. The molecule has 22 heavy (non-hydrogen) atoms. The second-order valence-corrected chi connectivity index (χ2v) is 4.95. The first-order valence-corrected chi connectivity index (χ1v) is 6.78. The third-order valence-corrected chi connectivity index (χ3v) is 3.33. The van der Waals surface area contributed by atoms with Gasteiger partial charge in [-0.25, -0.2) is 4.84 Å². The fourth-order valence-corrected chi connectivity index (χ4v) is 2.14. The molecule has 1 amide bonds. The van der Waals surface area contributed by atoms with Crippen LogP contribution in [-0.4, -0.2) is 63.6 Å². The molecule has 1 aliphatic rings. The lowest BCUT2D eigenvalue weighted by Crippen LogP contribution is -2.60. The van der Waals surface area contributed by atoms with Crippen molar-refractivity contribution in [2.45, 2.75) is 37.6 Å². The van der Waals surface area contributed by atoms with E-state index in [1.807, 2.05) is 0 Å². The van der Waals surface area contributed by atoms with Gasteiger partial charge in [0, 0.05) is 6.92 Å². The lowest BCUT2D eigenvalue weighted by Gasteiger charge is -2.40. The molecular formula is C14H19NO7. The highest BCUT2D eigenvalue weighted by Crippen LogP contribution is 2.25. The number of hydroxylamine groups is 1. The first-order chi connectivity index (χ1) is 10.5. The number of benzene rings is 1. The van der Waals surface area contributed by atoms with Crippen molar-refractivity contribution in [3.8, 4) is 0 Å². The lowest BCUT2D eigenvalue weighted by atomic mass is 9.99. The molecular weight excluding hydrogens is 294 g/mol. The third-order valence-electron chi connectivity index (χ3n) is 3.33. The van der Waals surface area contributed by atoms with Gasteiger partial charge >= 0.3 is 0 Å². The maximum Gasteiger partial charge on any atom is 0.247 e. The number of rotatable bonds is 4. The van der Waals surface area contributed by atoms with Crippen molar-refractivity contribution in [2.24, 2.45) is 0 Å². The summed E-state index contributed by atoms with van der Waals surface area (Å²) in [4.78, 5) is 17.1. The van der Waals surface area contributed by atoms with Gasteiger partial charge in [0.15, 0.2) is 0 Å². The van der Waals surface area contributed by atoms with Gasteiger partial charge in [0.05, 0.1) is 12.3 Å².